The smallest absolute Gasteiger partial charge is 0.303 e. The predicted octanol–water partition coefficient (Wildman–Crippen LogP) is 1.07. The van der Waals surface area contributed by atoms with E-state index in [2.05, 4.69) is 10.2 Å². The highest BCUT2D eigenvalue weighted by Gasteiger charge is 2.42. The highest BCUT2D eigenvalue weighted by atomic mass is 16.2. The number of carbonyl (C=O) groups excluding carboxylic acids is 3. The van der Waals surface area contributed by atoms with E-state index in [9.17, 15) is 14.4 Å². The second kappa shape index (κ2) is 6.56. The van der Waals surface area contributed by atoms with E-state index < -0.39 is 17.9 Å². The van der Waals surface area contributed by atoms with Crippen LogP contribution in [0.2, 0.25) is 0 Å². The number of rotatable bonds is 5. The third kappa shape index (κ3) is 3.61. The summed E-state index contributed by atoms with van der Waals surface area (Å²) in [6.45, 7) is 9.14. The van der Waals surface area contributed by atoms with E-state index in [1.165, 1.54) is 17.7 Å². The minimum Gasteiger partial charge on any atom is -0.303 e. The number of likely N-dealkylation sites (tertiary alicyclic amines) is 1. The molecule has 0 radical (unpaired) electrons. The van der Waals surface area contributed by atoms with Gasteiger partial charge in [0, 0.05) is 13.1 Å². The van der Waals surface area contributed by atoms with E-state index in [-0.39, 0.29) is 17.7 Å². The predicted molar refractivity (Wildman–Crippen MR) is 78.4 cm³/mol. The number of urea groups is 1. The first-order chi connectivity index (χ1) is 9.90. The van der Waals surface area contributed by atoms with Gasteiger partial charge in [0.15, 0.2) is 0 Å². The van der Waals surface area contributed by atoms with Crippen LogP contribution in [0.5, 0.6) is 0 Å². The summed E-state index contributed by atoms with van der Waals surface area (Å²) in [6, 6.07) is -0.574. The second-order valence-corrected chi connectivity index (χ2v) is 6.58. The number of carbonyl (C=O) groups is 3. The van der Waals surface area contributed by atoms with E-state index in [4.69, 9.17) is 0 Å². The standard InChI is InChI=1S/C15H25N3O3/c1-10(2)12-13(19)16-15(21)18(14(12)20)9-11(3)8-17-6-4-5-7-17/h10-12H,4-9H2,1-3H3,(H,16,19,21). The summed E-state index contributed by atoms with van der Waals surface area (Å²) in [6.07, 6.45) is 2.44. The summed E-state index contributed by atoms with van der Waals surface area (Å²) < 4.78 is 0. The fourth-order valence-corrected chi connectivity index (χ4v) is 3.17. The average molecular weight is 295 g/mol. The molecule has 21 heavy (non-hydrogen) atoms. The summed E-state index contributed by atoms with van der Waals surface area (Å²) in [7, 11) is 0. The molecule has 0 aromatic rings. The largest absolute Gasteiger partial charge is 0.330 e. The lowest BCUT2D eigenvalue weighted by molar-refractivity contribution is -0.144. The van der Waals surface area contributed by atoms with Gasteiger partial charge in [0.25, 0.3) is 0 Å². The Morgan fingerprint density at radius 3 is 2.29 bits per heavy atom. The number of hydrogen-bond acceptors (Lipinski definition) is 4. The lowest BCUT2D eigenvalue weighted by Gasteiger charge is -2.34. The van der Waals surface area contributed by atoms with Gasteiger partial charge in [-0.1, -0.05) is 20.8 Å². The lowest BCUT2D eigenvalue weighted by atomic mass is 9.91. The lowest BCUT2D eigenvalue weighted by Crippen LogP contribution is -2.60. The summed E-state index contributed by atoms with van der Waals surface area (Å²) in [5.41, 5.74) is 0. The van der Waals surface area contributed by atoms with Gasteiger partial charge in [0.05, 0.1) is 0 Å². The molecule has 6 heteroatoms. The van der Waals surface area contributed by atoms with Crippen LogP contribution in [0.1, 0.15) is 33.6 Å². The number of nitrogens with zero attached hydrogens (tertiary/aromatic N) is 2. The average Bonchev–Trinajstić information content (AvgIpc) is 2.86. The van der Waals surface area contributed by atoms with Crippen molar-refractivity contribution in [1.29, 1.82) is 0 Å². The molecule has 0 saturated carbocycles. The highest BCUT2D eigenvalue weighted by Crippen LogP contribution is 2.20. The number of imide groups is 2. The molecular formula is C15H25N3O3. The van der Waals surface area contributed by atoms with Crippen LogP contribution < -0.4 is 5.32 Å². The third-order valence-corrected chi connectivity index (χ3v) is 4.22. The molecule has 2 fully saturated rings. The normalized spacial score (nSPS) is 25.6. The topological polar surface area (TPSA) is 69.7 Å². The first-order valence-electron chi connectivity index (χ1n) is 7.78. The first kappa shape index (κ1) is 15.9. The summed E-state index contributed by atoms with van der Waals surface area (Å²) in [5.74, 6) is -1.47. The second-order valence-electron chi connectivity index (χ2n) is 6.58. The monoisotopic (exact) mass is 295 g/mol. The fourth-order valence-electron chi connectivity index (χ4n) is 3.17. The summed E-state index contributed by atoms with van der Waals surface area (Å²) in [5, 5.41) is 2.30. The summed E-state index contributed by atoms with van der Waals surface area (Å²) in [4.78, 5) is 39.7. The quantitative estimate of drug-likeness (QED) is 0.770. The molecule has 2 atom stereocenters. The number of barbiturate groups is 1. The van der Waals surface area contributed by atoms with E-state index in [0.717, 1.165) is 19.6 Å². The summed E-state index contributed by atoms with van der Waals surface area (Å²) >= 11 is 0. The Morgan fingerprint density at radius 2 is 1.71 bits per heavy atom. The van der Waals surface area contributed by atoms with Gasteiger partial charge in [-0.05, 0) is 37.8 Å². The van der Waals surface area contributed by atoms with Crippen molar-refractivity contribution in [2.45, 2.75) is 33.6 Å². The molecular weight excluding hydrogens is 270 g/mol. The van der Waals surface area contributed by atoms with Gasteiger partial charge in [-0.15, -0.1) is 0 Å². The van der Waals surface area contributed by atoms with Crippen molar-refractivity contribution >= 4 is 17.8 Å². The van der Waals surface area contributed by atoms with Crippen molar-refractivity contribution in [3.05, 3.63) is 0 Å². The van der Waals surface area contributed by atoms with Gasteiger partial charge in [-0.3, -0.25) is 19.8 Å². The van der Waals surface area contributed by atoms with Gasteiger partial charge in [0.1, 0.15) is 5.92 Å². The van der Waals surface area contributed by atoms with Crippen LogP contribution in [0.15, 0.2) is 0 Å². The number of nitrogens with one attached hydrogen (secondary N) is 1. The Balaban J connectivity index is 1.98. The Bertz CT molecular complexity index is 430. The maximum Gasteiger partial charge on any atom is 0.330 e. The zero-order valence-electron chi connectivity index (χ0n) is 13.1. The Hall–Kier alpha value is -1.43. The van der Waals surface area contributed by atoms with Crippen molar-refractivity contribution in [3.8, 4) is 0 Å². The van der Waals surface area contributed by atoms with E-state index in [1.807, 2.05) is 20.8 Å². The van der Waals surface area contributed by atoms with Gasteiger partial charge in [-0.25, -0.2) is 4.79 Å². The Morgan fingerprint density at radius 1 is 1.10 bits per heavy atom. The van der Waals surface area contributed by atoms with Crippen LogP contribution >= 0.6 is 0 Å². The van der Waals surface area contributed by atoms with Crippen LogP contribution in [-0.2, 0) is 9.59 Å². The minimum atomic E-state index is -0.748. The maximum absolute atomic E-state index is 12.4. The molecule has 2 aliphatic heterocycles. The van der Waals surface area contributed by atoms with E-state index in [0.29, 0.717) is 6.54 Å². The SMILES string of the molecule is CC(CN1CCCC1)CN1C(=O)NC(=O)C(C(C)C)C1=O. The molecule has 4 amide bonds. The van der Waals surface area contributed by atoms with Crippen LogP contribution in [0.4, 0.5) is 4.79 Å². The van der Waals surface area contributed by atoms with Crippen molar-refractivity contribution in [2.75, 3.05) is 26.2 Å². The molecule has 0 aromatic carbocycles. The molecule has 2 rings (SSSR count). The van der Waals surface area contributed by atoms with Crippen molar-refractivity contribution in [2.24, 2.45) is 17.8 Å². The van der Waals surface area contributed by atoms with Gasteiger partial charge in [0.2, 0.25) is 11.8 Å². The zero-order chi connectivity index (χ0) is 15.6. The molecule has 2 unspecified atom stereocenters. The molecule has 0 bridgehead atoms. The molecule has 1 N–H and O–H groups in total. The highest BCUT2D eigenvalue weighted by molar-refractivity contribution is 6.16. The molecule has 0 spiro atoms. The third-order valence-electron chi connectivity index (χ3n) is 4.22. The molecule has 118 valence electrons. The van der Waals surface area contributed by atoms with Crippen LogP contribution in [0.25, 0.3) is 0 Å². The minimum absolute atomic E-state index is 0.109. The molecule has 2 saturated heterocycles. The van der Waals surface area contributed by atoms with Gasteiger partial charge in [-0.2, -0.15) is 0 Å². The molecule has 0 aromatic heterocycles. The van der Waals surface area contributed by atoms with Gasteiger partial charge < -0.3 is 4.90 Å². The van der Waals surface area contributed by atoms with Crippen molar-refractivity contribution < 1.29 is 14.4 Å². The van der Waals surface area contributed by atoms with Crippen molar-refractivity contribution in [1.82, 2.24) is 15.1 Å². The molecule has 2 aliphatic rings. The van der Waals surface area contributed by atoms with E-state index >= 15 is 0 Å². The van der Waals surface area contributed by atoms with Crippen LogP contribution in [0.3, 0.4) is 0 Å². The number of amides is 4. The molecule has 6 nitrogen and oxygen atoms in total. The van der Waals surface area contributed by atoms with Crippen LogP contribution in [0, 0.1) is 17.8 Å². The fraction of sp³-hybridized carbons (Fsp3) is 0.800. The van der Waals surface area contributed by atoms with Gasteiger partial charge >= 0.3 is 6.03 Å². The first-order valence-corrected chi connectivity index (χ1v) is 7.78. The molecule has 0 aliphatic carbocycles. The molecule has 2 heterocycles. The number of hydrogen-bond donors (Lipinski definition) is 1. The zero-order valence-corrected chi connectivity index (χ0v) is 13.1. The Kier molecular flexibility index (Phi) is 4.98. The van der Waals surface area contributed by atoms with Crippen molar-refractivity contribution in [3.63, 3.8) is 0 Å². The Labute approximate surface area is 125 Å². The maximum atomic E-state index is 12.4. The van der Waals surface area contributed by atoms with Crippen LogP contribution in [-0.4, -0.2) is 53.8 Å². The van der Waals surface area contributed by atoms with E-state index in [1.54, 1.807) is 0 Å².